The van der Waals surface area contributed by atoms with E-state index >= 15 is 0 Å². The zero-order valence-electron chi connectivity index (χ0n) is 9.11. The molecule has 90 valence electrons. The molecule has 7 heteroatoms. The van der Waals surface area contributed by atoms with Crippen LogP contribution in [-0.2, 0) is 13.6 Å². The lowest BCUT2D eigenvalue weighted by Gasteiger charge is -2.02. The van der Waals surface area contributed by atoms with Gasteiger partial charge in [-0.1, -0.05) is 0 Å². The number of furan rings is 1. The van der Waals surface area contributed by atoms with Crippen LogP contribution in [0.1, 0.15) is 16.1 Å². The van der Waals surface area contributed by atoms with Crippen LogP contribution in [0.3, 0.4) is 0 Å². The monoisotopic (exact) mass is 254 g/mol. The summed E-state index contributed by atoms with van der Waals surface area (Å²) in [6.07, 6.45) is 1.60. The van der Waals surface area contributed by atoms with Gasteiger partial charge in [0.2, 0.25) is 0 Å². The molecule has 0 aliphatic rings. The van der Waals surface area contributed by atoms with Gasteiger partial charge in [0.1, 0.15) is 5.82 Å². The fourth-order valence-electron chi connectivity index (χ4n) is 1.33. The molecule has 2 heterocycles. The van der Waals surface area contributed by atoms with Gasteiger partial charge in [0.25, 0.3) is 5.91 Å². The van der Waals surface area contributed by atoms with Crippen molar-refractivity contribution in [3.05, 3.63) is 34.9 Å². The van der Waals surface area contributed by atoms with E-state index in [1.165, 1.54) is 16.8 Å². The molecule has 0 aliphatic heterocycles. The first-order valence-corrected chi connectivity index (χ1v) is 5.25. The molecule has 0 unspecified atom stereocenters. The predicted octanol–water partition coefficient (Wildman–Crippen LogP) is 1.18. The second-order valence-corrected chi connectivity index (χ2v) is 3.84. The second-order valence-electron chi connectivity index (χ2n) is 3.47. The molecule has 6 nitrogen and oxygen atoms in total. The molecule has 0 fully saturated rings. The van der Waals surface area contributed by atoms with Crippen molar-refractivity contribution in [1.29, 1.82) is 0 Å². The number of amides is 1. The Labute approximate surface area is 102 Å². The molecule has 17 heavy (non-hydrogen) atoms. The van der Waals surface area contributed by atoms with Crippen molar-refractivity contribution in [3.63, 3.8) is 0 Å². The van der Waals surface area contributed by atoms with Crippen LogP contribution in [0, 0.1) is 0 Å². The van der Waals surface area contributed by atoms with Crippen molar-refractivity contribution >= 4 is 23.3 Å². The van der Waals surface area contributed by atoms with Gasteiger partial charge in [0, 0.05) is 19.2 Å². The molecule has 0 aliphatic carbocycles. The first-order valence-electron chi connectivity index (χ1n) is 4.88. The molecule has 2 aromatic rings. The number of nitrogens with two attached hydrogens (primary N) is 1. The number of aromatic nitrogens is 2. The van der Waals surface area contributed by atoms with E-state index in [4.69, 9.17) is 21.8 Å². The molecule has 1 amide bonds. The van der Waals surface area contributed by atoms with Gasteiger partial charge in [-0.15, -0.1) is 0 Å². The molecule has 0 aromatic carbocycles. The van der Waals surface area contributed by atoms with E-state index in [-0.39, 0.29) is 23.4 Å². The molecule has 0 atom stereocenters. The predicted molar refractivity (Wildman–Crippen MR) is 62.5 cm³/mol. The first-order chi connectivity index (χ1) is 8.08. The lowest BCUT2D eigenvalue weighted by Crippen LogP contribution is -2.22. The van der Waals surface area contributed by atoms with Crippen LogP contribution in [-0.4, -0.2) is 15.7 Å². The maximum absolute atomic E-state index is 11.6. The average molecular weight is 255 g/mol. The number of rotatable bonds is 3. The number of aryl methyl sites for hydroxylation is 1. The highest BCUT2D eigenvalue weighted by Gasteiger charge is 2.11. The Morgan fingerprint density at radius 2 is 2.41 bits per heavy atom. The summed E-state index contributed by atoms with van der Waals surface area (Å²) < 4.78 is 6.50. The number of hydrogen-bond acceptors (Lipinski definition) is 4. The number of hydrogen-bond donors (Lipinski definition) is 2. The van der Waals surface area contributed by atoms with Crippen molar-refractivity contribution in [3.8, 4) is 0 Å². The highest BCUT2D eigenvalue weighted by Crippen LogP contribution is 2.13. The number of carbonyl (C=O) groups is 1. The molecule has 0 radical (unpaired) electrons. The Hall–Kier alpha value is -1.95. The molecule has 2 aromatic heterocycles. The summed E-state index contributed by atoms with van der Waals surface area (Å²) in [6, 6.07) is 3.01. The van der Waals surface area contributed by atoms with E-state index in [9.17, 15) is 4.79 Å². The molecule has 0 bridgehead atoms. The maximum Gasteiger partial charge on any atom is 0.287 e. The smallest absolute Gasteiger partial charge is 0.287 e. The van der Waals surface area contributed by atoms with Crippen molar-refractivity contribution in [2.45, 2.75) is 6.54 Å². The number of nitrogens with zero attached hydrogens (tertiary/aromatic N) is 2. The summed E-state index contributed by atoms with van der Waals surface area (Å²) in [5, 5.41) is 6.80. The molecule has 0 saturated carbocycles. The zero-order valence-corrected chi connectivity index (χ0v) is 9.86. The topological polar surface area (TPSA) is 86.1 Å². The minimum atomic E-state index is -0.347. The Morgan fingerprint density at radius 1 is 1.65 bits per heavy atom. The van der Waals surface area contributed by atoms with E-state index in [1.54, 1.807) is 13.2 Å². The van der Waals surface area contributed by atoms with Crippen LogP contribution in [0.25, 0.3) is 0 Å². The Morgan fingerprint density at radius 3 is 2.94 bits per heavy atom. The molecular weight excluding hydrogens is 244 g/mol. The fourth-order valence-corrected chi connectivity index (χ4v) is 1.47. The van der Waals surface area contributed by atoms with Crippen LogP contribution in [0.5, 0.6) is 0 Å². The average Bonchev–Trinajstić information content (AvgIpc) is 2.86. The summed E-state index contributed by atoms with van der Waals surface area (Å²) in [4.78, 5) is 11.6. The van der Waals surface area contributed by atoms with Crippen LogP contribution < -0.4 is 11.1 Å². The van der Waals surface area contributed by atoms with Crippen molar-refractivity contribution in [2.24, 2.45) is 7.05 Å². The number of nitrogen functional groups attached to an aromatic ring is 1. The third-order valence-electron chi connectivity index (χ3n) is 2.30. The van der Waals surface area contributed by atoms with E-state index in [0.717, 1.165) is 5.56 Å². The van der Waals surface area contributed by atoms with E-state index < -0.39 is 0 Å². The van der Waals surface area contributed by atoms with E-state index in [0.29, 0.717) is 5.82 Å². The van der Waals surface area contributed by atoms with Crippen molar-refractivity contribution in [1.82, 2.24) is 15.1 Å². The van der Waals surface area contributed by atoms with E-state index in [1.807, 2.05) is 0 Å². The van der Waals surface area contributed by atoms with Gasteiger partial charge in [-0.25, -0.2) is 0 Å². The van der Waals surface area contributed by atoms with Crippen molar-refractivity contribution < 1.29 is 9.21 Å². The Bertz CT molecular complexity index is 546. The minimum Gasteiger partial charge on any atom is -0.440 e. The zero-order chi connectivity index (χ0) is 12.4. The van der Waals surface area contributed by atoms with Crippen LogP contribution in [0.15, 0.2) is 22.7 Å². The summed E-state index contributed by atoms with van der Waals surface area (Å²) in [7, 11) is 1.73. The Balaban J connectivity index is 1.99. The SMILES string of the molecule is Cn1ncc(CNC(=O)c2ccc(Cl)o2)c1N. The van der Waals surface area contributed by atoms with Gasteiger partial charge in [0.05, 0.1) is 6.20 Å². The lowest BCUT2D eigenvalue weighted by molar-refractivity contribution is 0.0923. The summed E-state index contributed by atoms with van der Waals surface area (Å²) in [5.74, 6) is 0.334. The number of carbonyl (C=O) groups excluding carboxylic acids is 1. The molecule has 0 spiro atoms. The standard InChI is InChI=1S/C10H11ClN4O2/c1-15-9(12)6(5-14-15)4-13-10(16)7-2-3-8(11)17-7/h2-3,5H,4,12H2,1H3,(H,13,16). The van der Waals surface area contributed by atoms with Gasteiger partial charge < -0.3 is 15.5 Å². The van der Waals surface area contributed by atoms with Gasteiger partial charge in [-0.2, -0.15) is 5.10 Å². The molecule has 3 N–H and O–H groups in total. The number of halogens is 1. The largest absolute Gasteiger partial charge is 0.440 e. The second kappa shape index (κ2) is 4.50. The fraction of sp³-hybridized carbons (Fsp3) is 0.200. The third-order valence-corrected chi connectivity index (χ3v) is 2.50. The van der Waals surface area contributed by atoms with E-state index in [2.05, 4.69) is 10.4 Å². The maximum atomic E-state index is 11.6. The van der Waals surface area contributed by atoms with Crippen LogP contribution in [0.2, 0.25) is 5.22 Å². The van der Waals surface area contributed by atoms with Gasteiger partial charge in [0.15, 0.2) is 11.0 Å². The highest BCUT2D eigenvalue weighted by atomic mass is 35.5. The van der Waals surface area contributed by atoms with Gasteiger partial charge in [-0.05, 0) is 23.7 Å². The first kappa shape index (κ1) is 11.5. The highest BCUT2D eigenvalue weighted by molar-refractivity contribution is 6.29. The van der Waals surface area contributed by atoms with Crippen molar-refractivity contribution in [2.75, 3.05) is 5.73 Å². The van der Waals surface area contributed by atoms with Gasteiger partial charge in [-0.3, -0.25) is 9.48 Å². The molecule has 0 saturated heterocycles. The van der Waals surface area contributed by atoms with Crippen LogP contribution in [0.4, 0.5) is 5.82 Å². The lowest BCUT2D eigenvalue weighted by atomic mass is 10.3. The summed E-state index contributed by atoms with van der Waals surface area (Å²) in [6.45, 7) is 0.289. The molecule has 2 rings (SSSR count). The number of anilines is 1. The quantitative estimate of drug-likeness (QED) is 0.861. The number of nitrogens with one attached hydrogen (secondary N) is 1. The summed E-state index contributed by atoms with van der Waals surface area (Å²) >= 11 is 5.57. The summed E-state index contributed by atoms with van der Waals surface area (Å²) in [5.41, 5.74) is 6.48. The van der Waals surface area contributed by atoms with Crippen LogP contribution >= 0.6 is 11.6 Å². The molecular formula is C10H11ClN4O2. The third kappa shape index (κ3) is 2.42. The minimum absolute atomic E-state index is 0.164. The normalized spacial score (nSPS) is 10.5. The Kier molecular flexibility index (Phi) is 3.06. The van der Waals surface area contributed by atoms with Gasteiger partial charge >= 0.3 is 0 Å².